The van der Waals surface area contributed by atoms with Crippen molar-refractivity contribution in [1.82, 2.24) is 5.32 Å². The zero-order valence-electron chi connectivity index (χ0n) is 13.1. The third-order valence-electron chi connectivity index (χ3n) is 3.78. The molecule has 2 aromatic carbocycles. The second-order valence-electron chi connectivity index (χ2n) is 5.46. The Labute approximate surface area is 126 Å². The van der Waals surface area contributed by atoms with Gasteiger partial charge in [0, 0.05) is 18.2 Å². The third kappa shape index (κ3) is 3.76. The highest BCUT2D eigenvalue weighted by atomic mass is 16.5. The molecule has 0 aliphatic rings. The van der Waals surface area contributed by atoms with Crippen molar-refractivity contribution in [3.63, 3.8) is 0 Å². The normalized spacial score (nSPS) is 12.2. The van der Waals surface area contributed by atoms with E-state index in [1.807, 2.05) is 6.07 Å². The molecule has 0 amide bonds. The van der Waals surface area contributed by atoms with Gasteiger partial charge in [-0.25, -0.2) is 0 Å². The Kier molecular flexibility index (Phi) is 4.86. The summed E-state index contributed by atoms with van der Waals surface area (Å²) in [5, 5.41) is 13.4. The molecule has 0 heterocycles. The van der Waals surface area contributed by atoms with Crippen LogP contribution in [0.2, 0.25) is 0 Å². The number of phenolic OH excluding ortho intramolecular Hbond substituents is 1. The standard InChI is InChI=1S/C18H23NO2/c1-12-5-7-17(13(2)9-12)14(3)19-11-15-10-16(21-4)6-8-18(15)20/h5-10,14,19-20H,11H2,1-4H3. The van der Waals surface area contributed by atoms with Crippen LogP contribution in [0.4, 0.5) is 0 Å². The van der Waals surface area contributed by atoms with Gasteiger partial charge in [0.05, 0.1) is 7.11 Å². The number of rotatable bonds is 5. The Morgan fingerprint density at radius 1 is 1.14 bits per heavy atom. The van der Waals surface area contributed by atoms with Crippen molar-refractivity contribution in [3.05, 3.63) is 58.7 Å². The lowest BCUT2D eigenvalue weighted by Crippen LogP contribution is -2.19. The molecular formula is C18H23NO2. The summed E-state index contributed by atoms with van der Waals surface area (Å²) < 4.78 is 5.19. The number of nitrogens with one attached hydrogen (secondary N) is 1. The Bertz CT molecular complexity index is 623. The summed E-state index contributed by atoms with van der Waals surface area (Å²) >= 11 is 0. The lowest BCUT2D eigenvalue weighted by atomic mass is 10.00. The van der Waals surface area contributed by atoms with E-state index in [-0.39, 0.29) is 11.8 Å². The monoisotopic (exact) mass is 285 g/mol. The van der Waals surface area contributed by atoms with Gasteiger partial charge in [0.2, 0.25) is 0 Å². The smallest absolute Gasteiger partial charge is 0.120 e. The highest BCUT2D eigenvalue weighted by Gasteiger charge is 2.10. The van der Waals surface area contributed by atoms with Crippen molar-refractivity contribution in [2.45, 2.75) is 33.4 Å². The Morgan fingerprint density at radius 3 is 2.57 bits per heavy atom. The van der Waals surface area contributed by atoms with Gasteiger partial charge in [0.1, 0.15) is 11.5 Å². The highest BCUT2D eigenvalue weighted by Crippen LogP contribution is 2.24. The van der Waals surface area contributed by atoms with Gasteiger partial charge in [0.25, 0.3) is 0 Å². The van der Waals surface area contributed by atoms with E-state index in [0.29, 0.717) is 6.54 Å². The minimum absolute atomic E-state index is 0.219. The van der Waals surface area contributed by atoms with Gasteiger partial charge in [0.15, 0.2) is 0 Å². The van der Waals surface area contributed by atoms with Crippen molar-refractivity contribution in [1.29, 1.82) is 0 Å². The quantitative estimate of drug-likeness (QED) is 0.876. The fourth-order valence-electron chi connectivity index (χ4n) is 2.51. The molecule has 0 saturated carbocycles. The van der Waals surface area contributed by atoms with Gasteiger partial charge in [-0.3, -0.25) is 0 Å². The number of hydrogen-bond donors (Lipinski definition) is 2. The largest absolute Gasteiger partial charge is 0.508 e. The van der Waals surface area contributed by atoms with E-state index in [1.165, 1.54) is 16.7 Å². The Hall–Kier alpha value is -2.00. The molecule has 3 nitrogen and oxygen atoms in total. The topological polar surface area (TPSA) is 41.5 Å². The average molecular weight is 285 g/mol. The van der Waals surface area contributed by atoms with Crippen molar-refractivity contribution >= 4 is 0 Å². The summed E-state index contributed by atoms with van der Waals surface area (Å²) in [7, 11) is 1.63. The molecule has 1 atom stereocenters. The van der Waals surface area contributed by atoms with Crippen LogP contribution in [-0.4, -0.2) is 12.2 Å². The summed E-state index contributed by atoms with van der Waals surface area (Å²) in [5.41, 5.74) is 4.67. The number of aryl methyl sites for hydroxylation is 2. The molecule has 0 radical (unpaired) electrons. The molecule has 2 aromatic rings. The van der Waals surface area contributed by atoms with Gasteiger partial charge >= 0.3 is 0 Å². The van der Waals surface area contributed by atoms with E-state index in [1.54, 1.807) is 19.2 Å². The fraction of sp³-hybridized carbons (Fsp3) is 0.333. The summed E-state index contributed by atoms with van der Waals surface area (Å²) in [6.07, 6.45) is 0. The molecule has 0 aromatic heterocycles. The van der Waals surface area contributed by atoms with Crippen LogP contribution in [0.25, 0.3) is 0 Å². The van der Waals surface area contributed by atoms with Gasteiger partial charge in [-0.15, -0.1) is 0 Å². The predicted octanol–water partition coefficient (Wildman–Crippen LogP) is 3.87. The second kappa shape index (κ2) is 6.64. The number of benzene rings is 2. The molecule has 0 aliphatic heterocycles. The lowest BCUT2D eigenvalue weighted by molar-refractivity contribution is 0.409. The molecule has 3 heteroatoms. The zero-order valence-corrected chi connectivity index (χ0v) is 13.1. The molecule has 0 bridgehead atoms. The zero-order chi connectivity index (χ0) is 15.4. The van der Waals surface area contributed by atoms with Crippen LogP contribution in [-0.2, 0) is 6.54 Å². The minimum atomic E-state index is 0.219. The van der Waals surface area contributed by atoms with Crippen LogP contribution >= 0.6 is 0 Å². The van der Waals surface area contributed by atoms with Gasteiger partial charge in [-0.05, 0) is 50.1 Å². The minimum Gasteiger partial charge on any atom is -0.508 e. The molecule has 21 heavy (non-hydrogen) atoms. The maximum atomic E-state index is 9.91. The third-order valence-corrected chi connectivity index (χ3v) is 3.78. The highest BCUT2D eigenvalue weighted by molar-refractivity contribution is 5.39. The summed E-state index contributed by atoms with van der Waals surface area (Å²) in [4.78, 5) is 0. The molecule has 0 saturated heterocycles. The van der Waals surface area contributed by atoms with Crippen LogP contribution in [0.3, 0.4) is 0 Å². The molecule has 0 fully saturated rings. The Morgan fingerprint density at radius 2 is 1.90 bits per heavy atom. The number of ether oxygens (including phenoxy) is 1. The van der Waals surface area contributed by atoms with E-state index in [9.17, 15) is 5.11 Å². The van der Waals surface area contributed by atoms with Gasteiger partial charge in [-0.1, -0.05) is 23.8 Å². The van der Waals surface area contributed by atoms with Crippen molar-refractivity contribution in [2.24, 2.45) is 0 Å². The van der Waals surface area contributed by atoms with E-state index >= 15 is 0 Å². The molecule has 1 unspecified atom stereocenters. The molecule has 2 rings (SSSR count). The summed E-state index contributed by atoms with van der Waals surface area (Å²) in [6, 6.07) is 12.0. The molecule has 0 aliphatic carbocycles. The lowest BCUT2D eigenvalue weighted by Gasteiger charge is -2.18. The number of methoxy groups -OCH3 is 1. The molecule has 2 N–H and O–H groups in total. The van der Waals surface area contributed by atoms with Crippen LogP contribution in [0.15, 0.2) is 36.4 Å². The molecule has 112 valence electrons. The van der Waals surface area contributed by atoms with E-state index in [2.05, 4.69) is 44.3 Å². The number of hydrogen-bond acceptors (Lipinski definition) is 3. The predicted molar refractivity (Wildman–Crippen MR) is 85.8 cm³/mol. The van der Waals surface area contributed by atoms with Crippen LogP contribution in [0.1, 0.15) is 35.2 Å². The molecular weight excluding hydrogens is 262 g/mol. The first kappa shape index (κ1) is 15.4. The number of aromatic hydroxyl groups is 1. The van der Waals surface area contributed by atoms with Gasteiger partial charge < -0.3 is 15.2 Å². The fourth-order valence-corrected chi connectivity index (χ4v) is 2.51. The maximum absolute atomic E-state index is 9.91. The second-order valence-corrected chi connectivity index (χ2v) is 5.46. The SMILES string of the molecule is COc1ccc(O)c(CNC(C)c2ccc(C)cc2C)c1. The maximum Gasteiger partial charge on any atom is 0.120 e. The summed E-state index contributed by atoms with van der Waals surface area (Å²) in [5.74, 6) is 1.04. The Balaban J connectivity index is 2.08. The molecule has 0 spiro atoms. The van der Waals surface area contributed by atoms with Crippen LogP contribution < -0.4 is 10.1 Å². The van der Waals surface area contributed by atoms with Crippen molar-refractivity contribution in [3.8, 4) is 11.5 Å². The summed E-state index contributed by atoms with van der Waals surface area (Å²) in [6.45, 7) is 6.96. The first-order chi connectivity index (χ1) is 10.0. The first-order valence-corrected chi connectivity index (χ1v) is 7.17. The van der Waals surface area contributed by atoms with E-state index in [0.717, 1.165) is 11.3 Å². The van der Waals surface area contributed by atoms with Crippen molar-refractivity contribution < 1.29 is 9.84 Å². The van der Waals surface area contributed by atoms with Crippen molar-refractivity contribution in [2.75, 3.05) is 7.11 Å². The van der Waals surface area contributed by atoms with E-state index in [4.69, 9.17) is 4.74 Å². The van der Waals surface area contributed by atoms with E-state index < -0.39 is 0 Å². The average Bonchev–Trinajstić information content (AvgIpc) is 2.46. The van der Waals surface area contributed by atoms with Crippen LogP contribution in [0, 0.1) is 13.8 Å². The first-order valence-electron chi connectivity index (χ1n) is 7.17. The van der Waals surface area contributed by atoms with Crippen LogP contribution in [0.5, 0.6) is 11.5 Å². The van der Waals surface area contributed by atoms with Gasteiger partial charge in [-0.2, -0.15) is 0 Å². The number of phenols is 1.